The van der Waals surface area contributed by atoms with Crippen LogP contribution in [0.5, 0.6) is 0 Å². The van der Waals surface area contributed by atoms with E-state index in [1.807, 2.05) is 18.2 Å². The van der Waals surface area contributed by atoms with Crippen molar-refractivity contribution in [2.24, 2.45) is 5.92 Å². The van der Waals surface area contributed by atoms with Crippen LogP contribution in [0, 0.1) is 5.92 Å². The molecule has 1 fully saturated rings. The van der Waals surface area contributed by atoms with Gasteiger partial charge < -0.3 is 10.0 Å². The third kappa shape index (κ3) is 3.25. The smallest absolute Gasteiger partial charge is 0.305 e. The van der Waals surface area contributed by atoms with Crippen LogP contribution in [0.2, 0.25) is 0 Å². The van der Waals surface area contributed by atoms with E-state index in [0.29, 0.717) is 12.6 Å². The predicted octanol–water partition coefficient (Wildman–Crippen LogP) is 3.16. The monoisotopic (exact) mass is 247 g/mol. The maximum atomic E-state index is 10.8. The van der Waals surface area contributed by atoms with Gasteiger partial charge in [0.25, 0.3) is 0 Å². The fraction of sp³-hybridized carbons (Fsp3) is 0.533. The molecule has 0 aromatic heterocycles. The fourth-order valence-corrected chi connectivity index (χ4v) is 2.61. The average Bonchev–Trinajstić information content (AvgIpc) is 3.19. The van der Waals surface area contributed by atoms with E-state index in [1.165, 1.54) is 12.8 Å². The molecule has 18 heavy (non-hydrogen) atoms. The zero-order valence-electron chi connectivity index (χ0n) is 10.9. The van der Waals surface area contributed by atoms with Gasteiger partial charge in [0.15, 0.2) is 0 Å². The number of benzene rings is 1. The highest BCUT2D eigenvalue weighted by Crippen LogP contribution is 2.38. The second kappa shape index (κ2) is 5.89. The van der Waals surface area contributed by atoms with Crippen molar-refractivity contribution in [1.82, 2.24) is 0 Å². The first kappa shape index (κ1) is 12.9. The zero-order valence-corrected chi connectivity index (χ0v) is 10.9. The summed E-state index contributed by atoms with van der Waals surface area (Å²) in [5.74, 6) is 0.0329. The van der Waals surface area contributed by atoms with E-state index in [2.05, 4.69) is 24.0 Å². The summed E-state index contributed by atoms with van der Waals surface area (Å²) < 4.78 is 0. The number of rotatable bonds is 7. The van der Waals surface area contributed by atoms with Crippen LogP contribution in [0.15, 0.2) is 30.3 Å². The minimum atomic E-state index is -0.721. The number of carboxylic acid groups (broad SMARTS) is 1. The van der Waals surface area contributed by atoms with Gasteiger partial charge in [-0.1, -0.05) is 25.1 Å². The van der Waals surface area contributed by atoms with Crippen LogP contribution in [0.25, 0.3) is 0 Å². The molecule has 3 nitrogen and oxygen atoms in total. The van der Waals surface area contributed by atoms with E-state index < -0.39 is 5.97 Å². The van der Waals surface area contributed by atoms with Crippen LogP contribution in [0.1, 0.15) is 32.6 Å². The minimum absolute atomic E-state index is 0.206. The first-order valence-corrected chi connectivity index (χ1v) is 6.76. The molecule has 0 aliphatic heterocycles. The molecule has 1 aliphatic rings. The Hall–Kier alpha value is -1.51. The molecule has 0 radical (unpaired) electrons. The third-order valence-corrected chi connectivity index (χ3v) is 3.64. The molecule has 1 saturated carbocycles. The first-order chi connectivity index (χ1) is 8.72. The third-order valence-electron chi connectivity index (χ3n) is 3.64. The summed E-state index contributed by atoms with van der Waals surface area (Å²) in [6.07, 6.45) is 3.86. The standard InChI is InChI=1S/C15H21NO2/c1-2-14(12-8-9-12)16(11-10-15(17)18)13-6-4-3-5-7-13/h3-7,12,14H,2,8-11H2,1H3,(H,17,18). The van der Waals surface area contributed by atoms with Crippen LogP contribution < -0.4 is 4.90 Å². The molecule has 1 atom stereocenters. The molecule has 0 spiro atoms. The van der Waals surface area contributed by atoms with Gasteiger partial charge in [0.05, 0.1) is 6.42 Å². The molecular weight excluding hydrogens is 226 g/mol. The van der Waals surface area contributed by atoms with Crippen LogP contribution in [0.3, 0.4) is 0 Å². The molecule has 1 aliphatic carbocycles. The van der Waals surface area contributed by atoms with E-state index in [-0.39, 0.29) is 6.42 Å². The largest absolute Gasteiger partial charge is 0.481 e. The van der Waals surface area contributed by atoms with Gasteiger partial charge in [0.1, 0.15) is 0 Å². The van der Waals surface area contributed by atoms with Crippen molar-refractivity contribution in [1.29, 1.82) is 0 Å². The van der Waals surface area contributed by atoms with Crippen molar-refractivity contribution in [3.63, 3.8) is 0 Å². The lowest BCUT2D eigenvalue weighted by molar-refractivity contribution is -0.136. The molecule has 3 heteroatoms. The second-order valence-corrected chi connectivity index (χ2v) is 4.99. The zero-order chi connectivity index (χ0) is 13.0. The lowest BCUT2D eigenvalue weighted by atomic mass is 10.1. The summed E-state index contributed by atoms with van der Waals surface area (Å²) in [6, 6.07) is 10.7. The van der Waals surface area contributed by atoms with Crippen LogP contribution in [0.4, 0.5) is 5.69 Å². The number of para-hydroxylation sites is 1. The molecule has 1 aromatic carbocycles. The fourth-order valence-electron chi connectivity index (χ4n) is 2.61. The molecule has 0 amide bonds. The number of aliphatic carboxylic acids is 1. The Balaban J connectivity index is 2.13. The van der Waals surface area contributed by atoms with Crippen LogP contribution >= 0.6 is 0 Å². The minimum Gasteiger partial charge on any atom is -0.481 e. The Kier molecular flexibility index (Phi) is 4.24. The van der Waals surface area contributed by atoms with Crippen molar-refractivity contribution in [2.75, 3.05) is 11.4 Å². The summed E-state index contributed by atoms with van der Waals surface area (Å²) in [6.45, 7) is 2.80. The quantitative estimate of drug-likeness (QED) is 0.804. The van der Waals surface area contributed by atoms with E-state index in [0.717, 1.165) is 18.0 Å². The molecule has 0 heterocycles. The summed E-state index contributed by atoms with van der Waals surface area (Å²) in [7, 11) is 0. The van der Waals surface area contributed by atoms with Gasteiger partial charge in [-0.05, 0) is 37.3 Å². The molecule has 1 N–H and O–H groups in total. The Morgan fingerprint density at radius 1 is 1.39 bits per heavy atom. The van der Waals surface area contributed by atoms with Crippen molar-refractivity contribution in [2.45, 2.75) is 38.6 Å². The highest BCUT2D eigenvalue weighted by Gasteiger charge is 2.34. The van der Waals surface area contributed by atoms with Gasteiger partial charge in [0.2, 0.25) is 0 Å². The van der Waals surface area contributed by atoms with Gasteiger partial charge >= 0.3 is 5.97 Å². The Labute approximate surface area is 108 Å². The van der Waals surface area contributed by atoms with Crippen LogP contribution in [-0.2, 0) is 4.79 Å². The normalized spacial score (nSPS) is 16.3. The number of carboxylic acids is 1. The van der Waals surface area contributed by atoms with E-state index in [4.69, 9.17) is 5.11 Å². The van der Waals surface area contributed by atoms with Gasteiger partial charge in [-0.25, -0.2) is 0 Å². The van der Waals surface area contributed by atoms with Gasteiger partial charge in [-0.3, -0.25) is 4.79 Å². The Bertz CT molecular complexity index is 387. The number of hydrogen-bond donors (Lipinski definition) is 1. The van der Waals surface area contributed by atoms with Gasteiger partial charge in [-0.2, -0.15) is 0 Å². The first-order valence-electron chi connectivity index (χ1n) is 6.76. The molecule has 2 rings (SSSR count). The Morgan fingerprint density at radius 2 is 2.06 bits per heavy atom. The highest BCUT2D eigenvalue weighted by molar-refractivity contribution is 5.67. The molecular formula is C15H21NO2. The second-order valence-electron chi connectivity index (χ2n) is 4.99. The van der Waals surface area contributed by atoms with Crippen molar-refractivity contribution in [3.05, 3.63) is 30.3 Å². The van der Waals surface area contributed by atoms with Crippen molar-refractivity contribution >= 4 is 11.7 Å². The Morgan fingerprint density at radius 3 is 2.56 bits per heavy atom. The van der Waals surface area contributed by atoms with E-state index in [9.17, 15) is 4.79 Å². The maximum absolute atomic E-state index is 10.8. The van der Waals surface area contributed by atoms with Gasteiger partial charge in [0, 0.05) is 18.3 Å². The molecule has 0 bridgehead atoms. The summed E-state index contributed by atoms with van der Waals surface area (Å²) in [5.41, 5.74) is 1.15. The molecule has 1 unspecified atom stereocenters. The maximum Gasteiger partial charge on any atom is 0.305 e. The highest BCUT2D eigenvalue weighted by atomic mass is 16.4. The summed E-state index contributed by atoms with van der Waals surface area (Å²) >= 11 is 0. The molecule has 0 saturated heterocycles. The summed E-state index contributed by atoms with van der Waals surface area (Å²) in [5, 5.41) is 8.89. The molecule has 98 valence electrons. The average molecular weight is 247 g/mol. The van der Waals surface area contributed by atoms with E-state index >= 15 is 0 Å². The lowest BCUT2D eigenvalue weighted by Gasteiger charge is -2.33. The van der Waals surface area contributed by atoms with Crippen molar-refractivity contribution < 1.29 is 9.90 Å². The number of carbonyl (C=O) groups is 1. The lowest BCUT2D eigenvalue weighted by Crippen LogP contribution is -2.38. The molecule has 1 aromatic rings. The predicted molar refractivity (Wildman–Crippen MR) is 72.8 cm³/mol. The number of anilines is 1. The van der Waals surface area contributed by atoms with Crippen LogP contribution in [-0.4, -0.2) is 23.7 Å². The number of hydrogen-bond acceptors (Lipinski definition) is 2. The van der Waals surface area contributed by atoms with E-state index in [1.54, 1.807) is 0 Å². The summed E-state index contributed by atoms with van der Waals surface area (Å²) in [4.78, 5) is 13.1. The van der Waals surface area contributed by atoms with Crippen molar-refractivity contribution in [3.8, 4) is 0 Å². The SMILES string of the molecule is CCC(C1CC1)N(CCC(=O)O)c1ccccc1. The topological polar surface area (TPSA) is 40.5 Å². The van der Waals surface area contributed by atoms with Gasteiger partial charge in [-0.15, -0.1) is 0 Å². The number of nitrogens with zero attached hydrogens (tertiary/aromatic N) is 1.